The van der Waals surface area contributed by atoms with Gasteiger partial charge in [0, 0.05) is 42.4 Å². The van der Waals surface area contributed by atoms with Crippen LogP contribution in [0.3, 0.4) is 0 Å². The lowest BCUT2D eigenvalue weighted by atomic mass is 10.0. The van der Waals surface area contributed by atoms with Crippen LogP contribution in [0.5, 0.6) is 5.75 Å². The van der Waals surface area contributed by atoms with E-state index in [0.29, 0.717) is 21.9 Å². The number of carbonyl (C=O) groups excluding carboxylic acids is 3. The van der Waals surface area contributed by atoms with Crippen LogP contribution in [0.15, 0.2) is 72.4 Å². The summed E-state index contributed by atoms with van der Waals surface area (Å²) in [6, 6.07) is 13.6. The number of benzene rings is 1. The Balaban J connectivity index is 1.39. The van der Waals surface area contributed by atoms with Gasteiger partial charge in [0.1, 0.15) is 17.4 Å². The van der Waals surface area contributed by atoms with Crippen LogP contribution in [-0.2, 0) is 24.2 Å². The van der Waals surface area contributed by atoms with Crippen molar-refractivity contribution in [2.24, 2.45) is 0 Å². The molecule has 0 spiro atoms. The van der Waals surface area contributed by atoms with Crippen LogP contribution >= 0.6 is 11.3 Å². The SMILES string of the molecule is COc1ccc(NC(=O)c2ccc(CN3C(=O)c4sccc4CC(=O)C3Cc3ccccn3)c(F)c2)nc1. The van der Waals surface area contributed by atoms with Crippen molar-refractivity contribution in [2.75, 3.05) is 12.4 Å². The Morgan fingerprint density at radius 2 is 2.03 bits per heavy atom. The number of fused-ring (bicyclic) bond motifs is 1. The molecule has 8 nitrogen and oxygen atoms in total. The molecule has 192 valence electrons. The smallest absolute Gasteiger partial charge is 0.265 e. The number of hydrogen-bond donors (Lipinski definition) is 1. The van der Waals surface area contributed by atoms with E-state index in [4.69, 9.17) is 4.74 Å². The fourth-order valence-electron chi connectivity index (χ4n) is 4.30. The quantitative estimate of drug-likeness (QED) is 0.382. The summed E-state index contributed by atoms with van der Waals surface area (Å²) in [5.41, 5.74) is 1.62. The van der Waals surface area contributed by atoms with Crippen LogP contribution in [0.4, 0.5) is 10.2 Å². The van der Waals surface area contributed by atoms with E-state index in [9.17, 15) is 14.4 Å². The number of nitrogens with zero attached hydrogens (tertiary/aromatic N) is 3. The van der Waals surface area contributed by atoms with Gasteiger partial charge in [-0.3, -0.25) is 19.4 Å². The molecular weight excluding hydrogens is 507 g/mol. The molecule has 0 saturated carbocycles. The molecule has 4 aromatic rings. The summed E-state index contributed by atoms with van der Waals surface area (Å²) < 4.78 is 20.3. The van der Waals surface area contributed by atoms with Crippen molar-refractivity contribution in [2.45, 2.75) is 25.4 Å². The second-order valence-corrected chi connectivity index (χ2v) is 9.65. The number of amides is 2. The Hall–Kier alpha value is -4.44. The Morgan fingerprint density at radius 3 is 2.74 bits per heavy atom. The molecule has 1 unspecified atom stereocenters. The van der Waals surface area contributed by atoms with Crippen LogP contribution in [0.2, 0.25) is 0 Å². The van der Waals surface area contributed by atoms with Gasteiger partial charge in [-0.1, -0.05) is 12.1 Å². The average Bonchev–Trinajstić information content (AvgIpc) is 3.37. The lowest BCUT2D eigenvalue weighted by Gasteiger charge is -2.29. The number of anilines is 1. The van der Waals surface area contributed by atoms with E-state index in [2.05, 4.69) is 15.3 Å². The molecule has 0 fully saturated rings. The summed E-state index contributed by atoms with van der Waals surface area (Å²) in [7, 11) is 1.51. The number of ketones is 1. The van der Waals surface area contributed by atoms with Gasteiger partial charge in [0.25, 0.3) is 11.8 Å². The Kier molecular flexibility index (Phi) is 7.23. The summed E-state index contributed by atoms with van der Waals surface area (Å²) in [6.07, 6.45) is 3.43. The summed E-state index contributed by atoms with van der Waals surface area (Å²) >= 11 is 1.27. The van der Waals surface area contributed by atoms with Gasteiger partial charge in [-0.25, -0.2) is 9.37 Å². The van der Waals surface area contributed by atoms with Crippen molar-refractivity contribution in [3.8, 4) is 5.75 Å². The van der Waals surface area contributed by atoms with Crippen LogP contribution in [-0.4, -0.2) is 45.6 Å². The molecule has 4 heterocycles. The van der Waals surface area contributed by atoms with Crippen molar-refractivity contribution in [1.29, 1.82) is 0 Å². The van der Waals surface area contributed by atoms with Gasteiger partial charge >= 0.3 is 0 Å². The first-order chi connectivity index (χ1) is 18.4. The van der Waals surface area contributed by atoms with E-state index in [0.717, 1.165) is 6.07 Å². The minimum atomic E-state index is -0.805. The summed E-state index contributed by atoms with van der Waals surface area (Å²) in [5, 5.41) is 4.39. The number of aromatic nitrogens is 2. The molecule has 2 amide bonds. The predicted octanol–water partition coefficient (Wildman–Crippen LogP) is 4.32. The van der Waals surface area contributed by atoms with Crippen molar-refractivity contribution >= 4 is 34.8 Å². The highest BCUT2D eigenvalue weighted by Gasteiger charge is 2.36. The average molecular weight is 531 g/mol. The zero-order valence-electron chi connectivity index (χ0n) is 20.4. The van der Waals surface area contributed by atoms with Crippen molar-refractivity contribution < 1.29 is 23.5 Å². The third-order valence-electron chi connectivity index (χ3n) is 6.31. The maximum atomic E-state index is 15.3. The van der Waals surface area contributed by atoms with Crippen molar-refractivity contribution in [1.82, 2.24) is 14.9 Å². The van der Waals surface area contributed by atoms with Gasteiger partial charge in [-0.15, -0.1) is 11.3 Å². The maximum absolute atomic E-state index is 15.3. The van der Waals surface area contributed by atoms with Crippen LogP contribution in [0.1, 0.15) is 36.9 Å². The highest BCUT2D eigenvalue weighted by molar-refractivity contribution is 7.12. The van der Waals surface area contributed by atoms with Crippen molar-refractivity contribution in [3.05, 3.63) is 105 Å². The van der Waals surface area contributed by atoms with E-state index in [-0.39, 0.29) is 48.0 Å². The molecule has 1 aliphatic rings. The molecule has 3 aromatic heterocycles. The second kappa shape index (κ2) is 10.9. The highest BCUT2D eigenvalue weighted by Crippen LogP contribution is 2.28. The number of thiophene rings is 1. The zero-order valence-corrected chi connectivity index (χ0v) is 21.2. The predicted molar refractivity (Wildman–Crippen MR) is 140 cm³/mol. The largest absolute Gasteiger partial charge is 0.495 e. The molecule has 0 saturated heterocycles. The lowest BCUT2D eigenvalue weighted by Crippen LogP contribution is -2.45. The van der Waals surface area contributed by atoms with Crippen LogP contribution in [0.25, 0.3) is 0 Å². The minimum Gasteiger partial charge on any atom is -0.495 e. The van der Waals surface area contributed by atoms with Crippen molar-refractivity contribution in [3.63, 3.8) is 0 Å². The number of nitrogens with one attached hydrogen (secondary N) is 1. The van der Waals surface area contributed by atoms with Gasteiger partial charge in [-0.05, 0) is 53.4 Å². The number of halogens is 1. The Bertz CT molecular complexity index is 1490. The molecule has 1 atom stereocenters. The monoisotopic (exact) mass is 530 g/mol. The van der Waals surface area contributed by atoms with E-state index in [1.54, 1.807) is 41.9 Å². The number of methoxy groups -OCH3 is 1. The number of ether oxygens (including phenoxy) is 1. The highest BCUT2D eigenvalue weighted by atomic mass is 32.1. The molecule has 1 aromatic carbocycles. The molecule has 0 aliphatic carbocycles. The number of carbonyl (C=O) groups is 3. The molecule has 0 bridgehead atoms. The van der Waals surface area contributed by atoms with Crippen LogP contribution in [0, 0.1) is 5.82 Å². The fraction of sp³-hybridized carbons (Fsp3) is 0.179. The molecule has 5 rings (SSSR count). The van der Waals surface area contributed by atoms with Gasteiger partial charge in [0.05, 0.1) is 24.2 Å². The third kappa shape index (κ3) is 5.30. The molecule has 38 heavy (non-hydrogen) atoms. The topological polar surface area (TPSA) is 101 Å². The normalized spacial score (nSPS) is 15.1. The maximum Gasteiger partial charge on any atom is 0.265 e. The van der Waals surface area contributed by atoms with Gasteiger partial charge < -0.3 is 15.0 Å². The third-order valence-corrected chi connectivity index (χ3v) is 7.26. The summed E-state index contributed by atoms with van der Waals surface area (Å²) in [5.74, 6) is -0.828. The summed E-state index contributed by atoms with van der Waals surface area (Å²) in [4.78, 5) is 49.8. The van der Waals surface area contributed by atoms with E-state index in [1.807, 2.05) is 6.07 Å². The van der Waals surface area contributed by atoms with E-state index < -0.39 is 17.8 Å². The fourth-order valence-corrected chi connectivity index (χ4v) is 5.18. The molecule has 10 heteroatoms. The number of hydrogen-bond acceptors (Lipinski definition) is 7. The minimum absolute atomic E-state index is 0.0905. The van der Waals surface area contributed by atoms with E-state index in [1.165, 1.54) is 41.7 Å². The lowest BCUT2D eigenvalue weighted by molar-refractivity contribution is -0.122. The summed E-state index contributed by atoms with van der Waals surface area (Å²) in [6.45, 7) is -0.132. The zero-order chi connectivity index (χ0) is 26.6. The van der Waals surface area contributed by atoms with Gasteiger partial charge in [0.2, 0.25) is 0 Å². The number of rotatable bonds is 7. The molecule has 1 N–H and O–H groups in total. The first-order valence-corrected chi connectivity index (χ1v) is 12.7. The standard InChI is InChI=1S/C28H23FN4O4S/c1-37-21-7-8-25(31-15-21)32-27(35)18-5-6-19(22(29)12-18)16-33-23(14-20-4-2-3-10-30-20)24(34)13-17-9-11-38-26(17)28(33)36/h2-12,15,23H,13-14,16H2,1H3,(H,31,32,35). The molecule has 1 aliphatic heterocycles. The molecular formula is C28H23FN4O4S. The molecule has 0 radical (unpaired) electrons. The van der Waals surface area contributed by atoms with E-state index >= 15 is 4.39 Å². The van der Waals surface area contributed by atoms with Gasteiger partial charge in [-0.2, -0.15) is 0 Å². The first kappa shape index (κ1) is 25.2. The Morgan fingerprint density at radius 1 is 1.16 bits per heavy atom. The first-order valence-electron chi connectivity index (χ1n) is 11.8. The van der Waals surface area contributed by atoms with Crippen LogP contribution < -0.4 is 10.1 Å². The number of pyridine rings is 2. The number of Topliss-reactive ketones (excluding diaryl/α,β-unsaturated/α-hetero) is 1. The second-order valence-electron chi connectivity index (χ2n) is 8.74. The van der Waals surface area contributed by atoms with Gasteiger partial charge in [0.15, 0.2) is 5.78 Å². The Labute approximate surface area is 222 Å².